The van der Waals surface area contributed by atoms with Crippen molar-refractivity contribution in [3.8, 4) is 5.82 Å². The zero-order valence-corrected chi connectivity index (χ0v) is 18.5. The average Bonchev–Trinajstić information content (AvgIpc) is 3.40. The van der Waals surface area contributed by atoms with Crippen LogP contribution < -0.4 is 11.2 Å². The molecule has 3 aromatic rings. The van der Waals surface area contributed by atoms with Crippen LogP contribution in [0.25, 0.3) is 5.82 Å². The Morgan fingerprint density at radius 3 is 2.69 bits per heavy atom. The van der Waals surface area contributed by atoms with E-state index >= 15 is 0 Å². The van der Waals surface area contributed by atoms with Crippen LogP contribution in [0.4, 0.5) is 5.82 Å². The van der Waals surface area contributed by atoms with Crippen LogP contribution in [0, 0.1) is 0 Å². The Balaban J connectivity index is 0.00000289. The number of nitrogens with zero attached hydrogens (tertiary/aromatic N) is 7. The standard InChI is InChI=1S/C20H25N9O2.ClH/c1-14(15-8-4-2-5-9-15)12-22-24-20(30)17-16(13-28-10-6-3-7-11-28)23-27-29(17)19-18(21)25-31-26-19;/h2,4-5,8-9,12,14H,3,6-7,10-11,13H2,1H3,(H2,21,25)(H,24,30);1H/b22-12+;. The van der Waals surface area contributed by atoms with E-state index in [0.29, 0.717) is 12.2 Å². The van der Waals surface area contributed by atoms with Crippen molar-refractivity contribution in [2.45, 2.75) is 38.6 Å². The summed E-state index contributed by atoms with van der Waals surface area (Å²) in [5.74, 6) is -0.294. The van der Waals surface area contributed by atoms with Crippen molar-refractivity contribution in [3.05, 3.63) is 47.3 Å². The lowest BCUT2D eigenvalue weighted by Crippen LogP contribution is -2.31. The molecule has 0 spiro atoms. The molecule has 2 aromatic heterocycles. The van der Waals surface area contributed by atoms with E-state index in [2.05, 4.69) is 40.7 Å². The first kappa shape index (κ1) is 23.4. The number of hydrogen-bond acceptors (Lipinski definition) is 9. The van der Waals surface area contributed by atoms with Gasteiger partial charge in [0.1, 0.15) is 5.69 Å². The molecule has 0 aliphatic carbocycles. The molecule has 1 aliphatic heterocycles. The SMILES string of the molecule is CC(/C=N/NC(=O)c1c(CN2CCCCC2)nnn1-c1nonc1N)c1ccccc1.Cl. The van der Waals surface area contributed by atoms with Crippen LogP contribution in [0.2, 0.25) is 0 Å². The number of amides is 1. The molecule has 1 aromatic carbocycles. The lowest BCUT2D eigenvalue weighted by atomic mass is 10.0. The fraction of sp³-hybridized carbons (Fsp3) is 0.400. The zero-order valence-electron chi connectivity index (χ0n) is 17.7. The van der Waals surface area contributed by atoms with Crippen molar-refractivity contribution >= 4 is 30.3 Å². The maximum absolute atomic E-state index is 13.0. The van der Waals surface area contributed by atoms with Gasteiger partial charge in [-0.2, -0.15) is 9.78 Å². The molecule has 32 heavy (non-hydrogen) atoms. The predicted molar refractivity (Wildman–Crippen MR) is 121 cm³/mol. The molecule has 1 saturated heterocycles. The van der Waals surface area contributed by atoms with Gasteiger partial charge in [0.2, 0.25) is 11.6 Å². The summed E-state index contributed by atoms with van der Waals surface area (Å²) in [6, 6.07) is 9.90. The molecule has 1 unspecified atom stereocenters. The van der Waals surface area contributed by atoms with Crippen molar-refractivity contribution < 1.29 is 9.42 Å². The van der Waals surface area contributed by atoms with Gasteiger partial charge < -0.3 is 5.73 Å². The average molecular weight is 460 g/mol. The number of nitrogen functional groups attached to an aromatic ring is 1. The third kappa shape index (κ3) is 5.29. The number of likely N-dealkylation sites (tertiary alicyclic amines) is 1. The first-order valence-corrected chi connectivity index (χ1v) is 10.3. The quantitative estimate of drug-likeness (QED) is 0.404. The second kappa shape index (κ2) is 10.8. The zero-order chi connectivity index (χ0) is 21.6. The molecule has 1 aliphatic rings. The minimum absolute atomic E-state index is 0. The first-order chi connectivity index (χ1) is 15.1. The van der Waals surface area contributed by atoms with Crippen LogP contribution in [0.5, 0.6) is 0 Å². The number of benzene rings is 1. The first-order valence-electron chi connectivity index (χ1n) is 10.3. The van der Waals surface area contributed by atoms with Crippen molar-refractivity contribution in [1.82, 2.24) is 35.6 Å². The number of nitrogens with one attached hydrogen (secondary N) is 1. The van der Waals surface area contributed by atoms with Crippen molar-refractivity contribution in [3.63, 3.8) is 0 Å². The summed E-state index contributed by atoms with van der Waals surface area (Å²) >= 11 is 0. The molecular formula is C20H26ClN9O2. The minimum atomic E-state index is -0.462. The highest BCUT2D eigenvalue weighted by atomic mass is 35.5. The molecular weight excluding hydrogens is 434 g/mol. The van der Waals surface area contributed by atoms with E-state index in [1.807, 2.05) is 37.3 Å². The van der Waals surface area contributed by atoms with Gasteiger partial charge in [-0.05, 0) is 41.8 Å². The Labute approximate surface area is 191 Å². The normalized spacial score (nSPS) is 15.4. The van der Waals surface area contributed by atoms with Gasteiger partial charge in [0.25, 0.3) is 5.91 Å². The summed E-state index contributed by atoms with van der Waals surface area (Å²) in [4.78, 5) is 15.3. The molecule has 11 nitrogen and oxygen atoms in total. The Kier molecular flexibility index (Phi) is 7.90. The summed E-state index contributed by atoms with van der Waals surface area (Å²) in [6.45, 7) is 4.40. The molecule has 1 atom stereocenters. The number of piperidine rings is 1. The lowest BCUT2D eigenvalue weighted by molar-refractivity contribution is 0.0944. The Hall–Kier alpha value is -3.31. The number of carbonyl (C=O) groups is 1. The molecule has 1 amide bonds. The van der Waals surface area contributed by atoms with Crippen LogP contribution in [-0.4, -0.2) is 55.4 Å². The van der Waals surface area contributed by atoms with E-state index in [-0.39, 0.29) is 35.7 Å². The molecule has 0 saturated carbocycles. The van der Waals surface area contributed by atoms with E-state index in [4.69, 9.17) is 5.73 Å². The highest BCUT2D eigenvalue weighted by Gasteiger charge is 2.26. The van der Waals surface area contributed by atoms with Gasteiger partial charge in [-0.15, -0.1) is 17.5 Å². The second-order valence-electron chi connectivity index (χ2n) is 7.52. The number of anilines is 1. The highest BCUT2D eigenvalue weighted by molar-refractivity contribution is 5.94. The van der Waals surface area contributed by atoms with Crippen molar-refractivity contribution in [1.29, 1.82) is 0 Å². The summed E-state index contributed by atoms with van der Waals surface area (Å²) in [7, 11) is 0. The lowest BCUT2D eigenvalue weighted by Gasteiger charge is -2.25. The Morgan fingerprint density at radius 1 is 1.25 bits per heavy atom. The molecule has 3 N–H and O–H groups in total. The summed E-state index contributed by atoms with van der Waals surface area (Å²) < 4.78 is 5.92. The summed E-state index contributed by atoms with van der Waals surface area (Å²) in [5.41, 5.74) is 10.2. The smallest absolute Gasteiger partial charge is 0.292 e. The van der Waals surface area contributed by atoms with Gasteiger partial charge in [0.15, 0.2) is 5.69 Å². The van der Waals surface area contributed by atoms with Crippen LogP contribution >= 0.6 is 12.4 Å². The van der Waals surface area contributed by atoms with E-state index in [1.165, 1.54) is 11.1 Å². The molecule has 3 heterocycles. The fourth-order valence-corrected chi connectivity index (χ4v) is 3.57. The van der Waals surface area contributed by atoms with E-state index in [1.54, 1.807) is 6.21 Å². The van der Waals surface area contributed by atoms with E-state index in [0.717, 1.165) is 31.5 Å². The molecule has 0 bridgehead atoms. The van der Waals surface area contributed by atoms with E-state index in [9.17, 15) is 4.79 Å². The molecule has 170 valence electrons. The Bertz CT molecular complexity index is 1040. The van der Waals surface area contributed by atoms with Crippen molar-refractivity contribution in [2.75, 3.05) is 18.8 Å². The predicted octanol–water partition coefficient (Wildman–Crippen LogP) is 2.16. The molecule has 1 fully saturated rings. The second-order valence-corrected chi connectivity index (χ2v) is 7.52. The highest BCUT2D eigenvalue weighted by Crippen LogP contribution is 2.19. The van der Waals surface area contributed by atoms with Crippen molar-refractivity contribution in [2.24, 2.45) is 5.10 Å². The van der Waals surface area contributed by atoms with E-state index < -0.39 is 5.91 Å². The number of halogens is 1. The van der Waals surface area contributed by atoms with Gasteiger partial charge in [-0.25, -0.2) is 10.1 Å². The minimum Gasteiger partial charge on any atom is -0.378 e. The van der Waals surface area contributed by atoms with Crippen LogP contribution in [0.15, 0.2) is 40.1 Å². The number of rotatable bonds is 7. The number of aromatic nitrogens is 5. The molecule has 4 rings (SSSR count). The molecule has 12 heteroatoms. The third-order valence-electron chi connectivity index (χ3n) is 5.26. The molecule has 0 radical (unpaired) electrons. The Morgan fingerprint density at radius 2 is 2.00 bits per heavy atom. The van der Waals surface area contributed by atoms with Gasteiger partial charge in [0.05, 0.1) is 0 Å². The van der Waals surface area contributed by atoms with Crippen LogP contribution in [-0.2, 0) is 6.54 Å². The maximum Gasteiger partial charge on any atom is 0.292 e. The number of hydrogen-bond donors (Lipinski definition) is 2. The summed E-state index contributed by atoms with van der Waals surface area (Å²) in [5, 5.41) is 19.8. The fourth-order valence-electron chi connectivity index (χ4n) is 3.57. The maximum atomic E-state index is 13.0. The third-order valence-corrected chi connectivity index (χ3v) is 5.26. The topological polar surface area (TPSA) is 140 Å². The van der Waals surface area contributed by atoms with Gasteiger partial charge in [-0.3, -0.25) is 9.69 Å². The van der Waals surface area contributed by atoms with Gasteiger partial charge >= 0.3 is 0 Å². The summed E-state index contributed by atoms with van der Waals surface area (Å²) in [6.07, 6.45) is 5.14. The monoisotopic (exact) mass is 459 g/mol. The number of carbonyl (C=O) groups excluding carboxylic acids is 1. The van der Waals surface area contributed by atoms with Crippen LogP contribution in [0.3, 0.4) is 0 Å². The van der Waals surface area contributed by atoms with Crippen LogP contribution in [0.1, 0.15) is 53.8 Å². The van der Waals surface area contributed by atoms with Gasteiger partial charge in [0, 0.05) is 18.7 Å². The largest absolute Gasteiger partial charge is 0.378 e. The number of nitrogens with two attached hydrogens (primary N) is 1. The van der Waals surface area contributed by atoms with Gasteiger partial charge in [-0.1, -0.05) is 48.9 Å². The number of hydrazone groups is 1.